The Morgan fingerprint density at radius 3 is 2.74 bits per heavy atom. The number of benzene rings is 1. The Bertz CT molecular complexity index is 1120. The van der Waals surface area contributed by atoms with E-state index in [2.05, 4.69) is 23.0 Å². The first kappa shape index (κ1) is 17.8. The van der Waals surface area contributed by atoms with Gasteiger partial charge in [0.2, 0.25) is 0 Å². The van der Waals surface area contributed by atoms with E-state index in [0.717, 1.165) is 36.0 Å². The molecule has 0 N–H and O–H groups in total. The maximum Gasteiger partial charge on any atom is 0.269 e. The van der Waals surface area contributed by atoms with Crippen LogP contribution in [0.4, 0.5) is 0 Å². The monoisotopic (exact) mass is 383 g/mol. The lowest BCUT2D eigenvalue weighted by atomic mass is 9.99. The van der Waals surface area contributed by atoms with Crippen molar-refractivity contribution in [3.05, 3.63) is 60.6 Å². The Labute approximate surface area is 158 Å². The third-order valence-electron chi connectivity index (χ3n) is 4.93. The van der Waals surface area contributed by atoms with E-state index in [1.807, 2.05) is 6.07 Å². The van der Waals surface area contributed by atoms with Crippen LogP contribution in [0.1, 0.15) is 12.0 Å². The molecule has 0 aliphatic carbocycles. The topological polar surface area (TPSA) is 64.4 Å². The Kier molecular flexibility index (Phi) is 4.49. The molecule has 6 nitrogen and oxygen atoms in total. The van der Waals surface area contributed by atoms with Crippen LogP contribution >= 0.6 is 0 Å². The van der Waals surface area contributed by atoms with Crippen molar-refractivity contribution >= 4 is 26.5 Å². The van der Waals surface area contributed by atoms with E-state index in [-0.39, 0.29) is 4.90 Å². The highest BCUT2D eigenvalue weighted by atomic mass is 32.2. The Hall–Kier alpha value is -2.64. The number of pyridine rings is 1. The van der Waals surface area contributed by atoms with Gasteiger partial charge in [0.25, 0.3) is 10.0 Å². The van der Waals surface area contributed by atoms with Gasteiger partial charge in [0, 0.05) is 42.6 Å². The number of fused-ring (bicyclic) bond motifs is 1. The normalized spacial score (nSPS) is 15.7. The average molecular weight is 383 g/mol. The summed E-state index contributed by atoms with van der Waals surface area (Å²) in [4.78, 5) is 6.36. The van der Waals surface area contributed by atoms with Crippen molar-refractivity contribution in [1.29, 1.82) is 0 Å². The minimum atomic E-state index is -3.74. The summed E-state index contributed by atoms with van der Waals surface area (Å²) in [7, 11) is -0.0520. The molecule has 0 amide bonds. The van der Waals surface area contributed by atoms with Gasteiger partial charge in [-0.2, -0.15) is 0 Å². The van der Waals surface area contributed by atoms with Crippen molar-refractivity contribution in [2.24, 2.45) is 0 Å². The minimum absolute atomic E-state index is 0.168. The fraction of sp³-hybridized carbons (Fsp3) is 0.250. The highest BCUT2D eigenvalue weighted by molar-refractivity contribution is 7.90. The molecule has 0 saturated heterocycles. The minimum Gasteiger partial charge on any atom is -0.497 e. The molecule has 0 unspecified atom stereocenters. The van der Waals surface area contributed by atoms with Gasteiger partial charge in [-0.25, -0.2) is 12.4 Å². The van der Waals surface area contributed by atoms with Crippen molar-refractivity contribution in [3.63, 3.8) is 0 Å². The van der Waals surface area contributed by atoms with Crippen LogP contribution in [0.25, 0.3) is 16.5 Å². The molecule has 1 aliphatic heterocycles. The van der Waals surface area contributed by atoms with Crippen molar-refractivity contribution in [3.8, 4) is 5.75 Å². The molecule has 1 aliphatic rings. The Morgan fingerprint density at radius 1 is 1.22 bits per heavy atom. The van der Waals surface area contributed by atoms with Crippen LogP contribution in [0.5, 0.6) is 5.75 Å². The molecule has 7 heteroatoms. The van der Waals surface area contributed by atoms with E-state index in [0.29, 0.717) is 11.3 Å². The van der Waals surface area contributed by atoms with Crippen LogP contribution in [0.2, 0.25) is 0 Å². The maximum atomic E-state index is 13.2. The molecule has 2 aromatic heterocycles. The number of methoxy groups -OCH3 is 1. The molecule has 0 fully saturated rings. The average Bonchev–Trinajstić information content (AvgIpc) is 3.09. The molecule has 0 atom stereocenters. The molecular weight excluding hydrogens is 362 g/mol. The molecule has 3 aromatic rings. The molecule has 4 rings (SSSR count). The summed E-state index contributed by atoms with van der Waals surface area (Å²) in [6.45, 7) is 1.79. The largest absolute Gasteiger partial charge is 0.497 e. The van der Waals surface area contributed by atoms with Gasteiger partial charge in [0.15, 0.2) is 0 Å². The van der Waals surface area contributed by atoms with Gasteiger partial charge in [-0.05, 0) is 49.4 Å². The van der Waals surface area contributed by atoms with Crippen molar-refractivity contribution in [1.82, 2.24) is 13.9 Å². The SMILES string of the molecule is COc1ccc2c(c1)c(C1=CCN(C)CC1)cn2S(=O)(=O)c1cccnc1. The molecule has 1 aromatic carbocycles. The molecule has 0 bridgehead atoms. The summed E-state index contributed by atoms with van der Waals surface area (Å²) in [6, 6.07) is 8.67. The van der Waals surface area contributed by atoms with Gasteiger partial charge in [-0.3, -0.25) is 4.98 Å². The lowest BCUT2D eigenvalue weighted by molar-refractivity contribution is 0.370. The zero-order valence-corrected chi connectivity index (χ0v) is 16.1. The van der Waals surface area contributed by atoms with E-state index in [9.17, 15) is 8.42 Å². The summed E-state index contributed by atoms with van der Waals surface area (Å²) < 4.78 is 33.1. The predicted octanol–water partition coefficient (Wildman–Crippen LogP) is 3.00. The smallest absolute Gasteiger partial charge is 0.269 e. The summed E-state index contributed by atoms with van der Waals surface area (Å²) in [5.74, 6) is 0.703. The second kappa shape index (κ2) is 6.83. The lowest BCUT2D eigenvalue weighted by Gasteiger charge is -2.21. The Balaban J connectivity index is 1.95. The zero-order valence-electron chi connectivity index (χ0n) is 15.3. The summed E-state index contributed by atoms with van der Waals surface area (Å²) in [6.07, 6.45) is 7.70. The van der Waals surface area contributed by atoms with Gasteiger partial charge in [-0.15, -0.1) is 0 Å². The van der Waals surface area contributed by atoms with Crippen LogP contribution in [-0.2, 0) is 10.0 Å². The standard InChI is InChI=1S/C20H21N3O3S/c1-22-10-7-15(8-11-22)19-14-23(20-6-5-16(26-2)12-18(19)20)27(24,25)17-4-3-9-21-13-17/h3-7,9,12-14H,8,10-11H2,1-2H3. The first-order valence-corrected chi connectivity index (χ1v) is 10.2. The van der Waals surface area contributed by atoms with Gasteiger partial charge >= 0.3 is 0 Å². The number of aromatic nitrogens is 2. The number of hydrogen-bond donors (Lipinski definition) is 0. The second-order valence-corrected chi connectivity index (χ2v) is 8.47. The summed E-state index contributed by atoms with van der Waals surface area (Å²) >= 11 is 0. The molecule has 0 saturated carbocycles. The van der Waals surface area contributed by atoms with Gasteiger partial charge in [0.1, 0.15) is 10.6 Å². The number of hydrogen-bond acceptors (Lipinski definition) is 5. The van der Waals surface area contributed by atoms with Gasteiger partial charge < -0.3 is 9.64 Å². The van der Waals surface area contributed by atoms with Gasteiger partial charge in [0.05, 0.1) is 12.6 Å². The van der Waals surface area contributed by atoms with Crippen LogP contribution in [0.3, 0.4) is 0 Å². The first-order valence-electron chi connectivity index (χ1n) is 8.73. The second-order valence-electron chi connectivity index (χ2n) is 6.66. The molecule has 140 valence electrons. The van der Waals surface area contributed by atoms with Crippen molar-refractivity contribution < 1.29 is 13.2 Å². The zero-order chi connectivity index (χ0) is 19.0. The third-order valence-corrected chi connectivity index (χ3v) is 6.58. The highest BCUT2D eigenvalue weighted by Gasteiger charge is 2.23. The summed E-state index contributed by atoms with van der Waals surface area (Å²) in [5, 5.41) is 0.873. The summed E-state index contributed by atoms with van der Waals surface area (Å²) in [5.41, 5.74) is 2.73. The van der Waals surface area contributed by atoms with Crippen LogP contribution < -0.4 is 4.74 Å². The van der Waals surface area contributed by atoms with E-state index in [1.54, 1.807) is 43.8 Å². The number of nitrogens with zero attached hydrogens (tertiary/aromatic N) is 3. The number of likely N-dealkylation sites (N-methyl/N-ethyl adjacent to an activating group) is 1. The molecule has 0 radical (unpaired) electrons. The lowest BCUT2D eigenvalue weighted by Crippen LogP contribution is -2.23. The molecule has 3 heterocycles. The predicted molar refractivity (Wildman–Crippen MR) is 105 cm³/mol. The third kappa shape index (κ3) is 3.13. The van der Waals surface area contributed by atoms with Crippen molar-refractivity contribution in [2.75, 3.05) is 27.2 Å². The van der Waals surface area contributed by atoms with E-state index in [1.165, 1.54) is 10.2 Å². The first-order chi connectivity index (χ1) is 13.0. The van der Waals surface area contributed by atoms with Crippen molar-refractivity contribution in [2.45, 2.75) is 11.3 Å². The van der Waals surface area contributed by atoms with E-state index >= 15 is 0 Å². The maximum absolute atomic E-state index is 13.2. The number of rotatable bonds is 4. The molecule has 27 heavy (non-hydrogen) atoms. The van der Waals surface area contributed by atoms with Crippen LogP contribution in [0.15, 0.2) is 59.9 Å². The van der Waals surface area contributed by atoms with E-state index < -0.39 is 10.0 Å². The van der Waals surface area contributed by atoms with Gasteiger partial charge in [-0.1, -0.05) is 6.08 Å². The fourth-order valence-electron chi connectivity index (χ4n) is 3.39. The fourth-order valence-corrected chi connectivity index (χ4v) is 4.72. The Morgan fingerprint density at radius 2 is 2.07 bits per heavy atom. The van der Waals surface area contributed by atoms with Crippen LogP contribution in [0, 0.1) is 0 Å². The van der Waals surface area contributed by atoms with E-state index in [4.69, 9.17) is 4.74 Å². The quantitative estimate of drug-likeness (QED) is 0.693. The number of ether oxygens (including phenoxy) is 1. The molecular formula is C20H21N3O3S. The molecule has 0 spiro atoms. The van der Waals surface area contributed by atoms with Crippen LogP contribution in [-0.4, -0.2) is 49.5 Å². The highest BCUT2D eigenvalue weighted by Crippen LogP contribution is 2.34.